The van der Waals surface area contributed by atoms with Crippen LogP contribution in [0.25, 0.3) is 0 Å². The molecule has 0 unspecified atom stereocenters. The van der Waals surface area contributed by atoms with Crippen molar-refractivity contribution in [2.45, 2.75) is 31.1 Å². The van der Waals surface area contributed by atoms with E-state index in [4.69, 9.17) is 0 Å². The first-order valence-corrected chi connectivity index (χ1v) is 7.86. The zero-order valence-electron chi connectivity index (χ0n) is 11.1. The first-order chi connectivity index (χ1) is 9.06. The molecule has 0 saturated carbocycles. The molecule has 0 radical (unpaired) electrons. The van der Waals surface area contributed by atoms with Gasteiger partial charge in [0, 0.05) is 6.54 Å². The van der Waals surface area contributed by atoms with E-state index in [1.165, 1.54) is 12.1 Å². The van der Waals surface area contributed by atoms with Gasteiger partial charge in [-0.05, 0) is 18.6 Å². The minimum Gasteiger partial charge on any atom is -0.355 e. The van der Waals surface area contributed by atoms with Crippen LogP contribution in [-0.2, 0) is 14.8 Å². The van der Waals surface area contributed by atoms with E-state index in [-0.39, 0.29) is 17.3 Å². The molecule has 1 rings (SSSR count). The van der Waals surface area contributed by atoms with Gasteiger partial charge in [0.2, 0.25) is 15.9 Å². The standard InChI is InChI=1S/C13H20N2O3S/c1-2-3-7-10-14-13(16)11-15-19(17,18)12-8-5-4-6-9-12/h4-6,8-9,15H,2-3,7,10-11H2,1H3,(H,14,16). The van der Waals surface area contributed by atoms with Gasteiger partial charge in [-0.1, -0.05) is 38.0 Å². The summed E-state index contributed by atoms with van der Waals surface area (Å²) in [5.74, 6) is -0.310. The molecule has 2 N–H and O–H groups in total. The number of hydrogen-bond donors (Lipinski definition) is 2. The van der Waals surface area contributed by atoms with Crippen LogP contribution in [0.5, 0.6) is 0 Å². The molecule has 0 aliphatic rings. The molecule has 0 aliphatic heterocycles. The summed E-state index contributed by atoms with van der Waals surface area (Å²) in [5, 5.41) is 2.68. The van der Waals surface area contributed by atoms with Crippen LogP contribution in [0.2, 0.25) is 0 Å². The lowest BCUT2D eigenvalue weighted by molar-refractivity contribution is -0.119. The number of carbonyl (C=O) groups is 1. The lowest BCUT2D eigenvalue weighted by atomic mass is 10.2. The average Bonchev–Trinajstić information content (AvgIpc) is 2.42. The van der Waals surface area contributed by atoms with E-state index in [0.29, 0.717) is 6.54 Å². The number of benzene rings is 1. The van der Waals surface area contributed by atoms with Gasteiger partial charge in [-0.2, -0.15) is 0 Å². The zero-order chi connectivity index (χ0) is 14.1. The smallest absolute Gasteiger partial charge is 0.241 e. The van der Waals surface area contributed by atoms with Crippen LogP contribution >= 0.6 is 0 Å². The molecular weight excluding hydrogens is 264 g/mol. The van der Waals surface area contributed by atoms with Crippen LogP contribution in [-0.4, -0.2) is 27.4 Å². The Bertz CT molecular complexity index is 486. The van der Waals surface area contributed by atoms with E-state index in [1.54, 1.807) is 18.2 Å². The van der Waals surface area contributed by atoms with Crippen molar-refractivity contribution < 1.29 is 13.2 Å². The fourth-order valence-corrected chi connectivity index (χ4v) is 2.51. The summed E-state index contributed by atoms with van der Waals surface area (Å²) < 4.78 is 25.9. The fraction of sp³-hybridized carbons (Fsp3) is 0.462. The monoisotopic (exact) mass is 284 g/mol. The van der Waals surface area contributed by atoms with Crippen molar-refractivity contribution in [3.8, 4) is 0 Å². The molecule has 0 atom stereocenters. The fourth-order valence-electron chi connectivity index (χ4n) is 1.51. The van der Waals surface area contributed by atoms with Gasteiger partial charge in [0.1, 0.15) is 0 Å². The van der Waals surface area contributed by atoms with Gasteiger partial charge in [0.05, 0.1) is 11.4 Å². The van der Waals surface area contributed by atoms with Crippen LogP contribution < -0.4 is 10.0 Å². The summed E-state index contributed by atoms with van der Waals surface area (Å²) in [6, 6.07) is 7.99. The molecule has 0 saturated heterocycles. The van der Waals surface area contributed by atoms with Gasteiger partial charge in [0.15, 0.2) is 0 Å². The number of unbranched alkanes of at least 4 members (excludes halogenated alkanes) is 2. The Labute approximate surface area is 114 Å². The predicted molar refractivity (Wildman–Crippen MR) is 74.2 cm³/mol. The molecule has 106 valence electrons. The Morgan fingerprint density at radius 3 is 2.47 bits per heavy atom. The van der Waals surface area contributed by atoms with Crippen molar-refractivity contribution in [2.75, 3.05) is 13.1 Å². The molecule has 5 nitrogen and oxygen atoms in total. The van der Waals surface area contributed by atoms with Crippen molar-refractivity contribution in [2.24, 2.45) is 0 Å². The number of carbonyl (C=O) groups excluding carboxylic acids is 1. The third kappa shape index (κ3) is 5.85. The highest BCUT2D eigenvalue weighted by atomic mass is 32.2. The third-order valence-electron chi connectivity index (χ3n) is 2.58. The van der Waals surface area contributed by atoms with Gasteiger partial charge in [-0.15, -0.1) is 0 Å². The van der Waals surface area contributed by atoms with E-state index < -0.39 is 10.0 Å². The van der Waals surface area contributed by atoms with Crippen LogP contribution in [0.4, 0.5) is 0 Å². The number of amides is 1. The summed E-state index contributed by atoms with van der Waals surface area (Å²) in [6.07, 6.45) is 3.04. The molecule has 6 heteroatoms. The highest BCUT2D eigenvalue weighted by molar-refractivity contribution is 7.89. The number of rotatable bonds is 8. The van der Waals surface area contributed by atoms with Crippen molar-refractivity contribution >= 4 is 15.9 Å². The molecular formula is C13H20N2O3S. The Kier molecular flexibility index (Phi) is 6.52. The lowest BCUT2D eigenvalue weighted by Crippen LogP contribution is -2.37. The van der Waals surface area contributed by atoms with E-state index in [1.807, 2.05) is 0 Å². The number of sulfonamides is 1. The Morgan fingerprint density at radius 2 is 1.84 bits per heavy atom. The third-order valence-corrected chi connectivity index (χ3v) is 4.00. The van der Waals surface area contributed by atoms with Crippen molar-refractivity contribution in [3.63, 3.8) is 0 Å². The minimum atomic E-state index is -3.60. The summed E-state index contributed by atoms with van der Waals surface area (Å²) >= 11 is 0. The molecule has 0 aromatic heterocycles. The Morgan fingerprint density at radius 1 is 1.16 bits per heavy atom. The molecule has 0 bridgehead atoms. The van der Waals surface area contributed by atoms with Crippen molar-refractivity contribution in [1.29, 1.82) is 0 Å². The first kappa shape index (κ1) is 15.7. The van der Waals surface area contributed by atoms with E-state index in [2.05, 4.69) is 17.0 Å². The van der Waals surface area contributed by atoms with Crippen molar-refractivity contribution in [1.82, 2.24) is 10.0 Å². The van der Waals surface area contributed by atoms with Gasteiger partial charge in [-0.25, -0.2) is 13.1 Å². The number of hydrogen-bond acceptors (Lipinski definition) is 3. The van der Waals surface area contributed by atoms with Gasteiger partial charge >= 0.3 is 0 Å². The van der Waals surface area contributed by atoms with Gasteiger partial charge in [-0.3, -0.25) is 4.79 Å². The van der Waals surface area contributed by atoms with Gasteiger partial charge in [0.25, 0.3) is 0 Å². The summed E-state index contributed by atoms with van der Waals surface area (Å²) in [6.45, 7) is 2.43. The molecule has 1 amide bonds. The Hall–Kier alpha value is -1.40. The second-order valence-corrected chi connectivity index (χ2v) is 5.96. The number of nitrogens with one attached hydrogen (secondary N) is 2. The molecule has 0 heterocycles. The molecule has 1 aromatic rings. The van der Waals surface area contributed by atoms with Crippen LogP contribution in [0, 0.1) is 0 Å². The van der Waals surface area contributed by atoms with Crippen LogP contribution in [0.3, 0.4) is 0 Å². The summed E-state index contributed by atoms with van der Waals surface area (Å²) in [4.78, 5) is 11.6. The van der Waals surface area contributed by atoms with E-state index in [9.17, 15) is 13.2 Å². The lowest BCUT2D eigenvalue weighted by Gasteiger charge is -2.07. The normalized spacial score (nSPS) is 11.2. The molecule has 0 fully saturated rings. The maximum absolute atomic E-state index is 11.8. The average molecular weight is 284 g/mol. The van der Waals surface area contributed by atoms with E-state index >= 15 is 0 Å². The second kappa shape index (κ2) is 7.91. The first-order valence-electron chi connectivity index (χ1n) is 6.37. The zero-order valence-corrected chi connectivity index (χ0v) is 11.9. The largest absolute Gasteiger partial charge is 0.355 e. The summed E-state index contributed by atoms with van der Waals surface area (Å²) in [7, 11) is -3.60. The maximum atomic E-state index is 11.8. The quantitative estimate of drug-likeness (QED) is 0.706. The van der Waals surface area contributed by atoms with Crippen molar-refractivity contribution in [3.05, 3.63) is 30.3 Å². The van der Waals surface area contributed by atoms with Gasteiger partial charge < -0.3 is 5.32 Å². The van der Waals surface area contributed by atoms with Crippen LogP contribution in [0.1, 0.15) is 26.2 Å². The topological polar surface area (TPSA) is 75.3 Å². The molecule has 1 aromatic carbocycles. The maximum Gasteiger partial charge on any atom is 0.241 e. The highest BCUT2D eigenvalue weighted by Crippen LogP contribution is 2.06. The SMILES string of the molecule is CCCCCNC(=O)CNS(=O)(=O)c1ccccc1. The summed E-state index contributed by atoms with van der Waals surface area (Å²) in [5.41, 5.74) is 0. The Balaban J connectivity index is 2.37. The molecule has 0 aliphatic carbocycles. The molecule has 0 spiro atoms. The van der Waals surface area contributed by atoms with Crippen LogP contribution in [0.15, 0.2) is 35.2 Å². The highest BCUT2D eigenvalue weighted by Gasteiger charge is 2.14. The predicted octanol–water partition coefficient (Wildman–Crippen LogP) is 1.27. The van der Waals surface area contributed by atoms with E-state index in [0.717, 1.165) is 19.3 Å². The minimum absolute atomic E-state index is 0.161. The second-order valence-electron chi connectivity index (χ2n) is 4.19. The molecule has 19 heavy (non-hydrogen) atoms.